The molecule has 3 rings (SSSR count). The molecule has 0 radical (unpaired) electrons. The molecule has 2 aromatic rings. The van der Waals surface area contributed by atoms with E-state index >= 15 is 0 Å². The molecular weight excluding hydrogens is 278 g/mol. The third-order valence-electron chi connectivity index (χ3n) is 3.49. The number of nitrogens with zero attached hydrogens (tertiary/aromatic N) is 3. The first kappa shape index (κ1) is 13.3. The maximum Gasteiger partial charge on any atom is 0.262 e. The SMILES string of the molecule is CN(CC1CC1)S(=O)(=O)c1c(NN)nc2ccccn12. The van der Waals surface area contributed by atoms with Crippen LogP contribution in [0.1, 0.15) is 12.8 Å². The molecule has 2 heterocycles. The first-order valence-corrected chi connectivity index (χ1v) is 7.88. The van der Waals surface area contributed by atoms with Crippen molar-refractivity contribution >= 4 is 21.5 Å². The van der Waals surface area contributed by atoms with E-state index in [1.807, 2.05) is 0 Å². The van der Waals surface area contributed by atoms with Crippen LogP contribution in [0.5, 0.6) is 0 Å². The van der Waals surface area contributed by atoms with Gasteiger partial charge < -0.3 is 5.43 Å². The molecule has 1 saturated carbocycles. The fourth-order valence-corrected chi connectivity index (χ4v) is 3.68. The van der Waals surface area contributed by atoms with Gasteiger partial charge >= 0.3 is 0 Å². The minimum Gasteiger partial charge on any atom is -0.306 e. The van der Waals surface area contributed by atoms with Gasteiger partial charge in [-0.2, -0.15) is 4.31 Å². The van der Waals surface area contributed by atoms with Gasteiger partial charge in [-0.15, -0.1) is 0 Å². The molecule has 8 heteroatoms. The predicted octanol–water partition coefficient (Wildman–Crippen LogP) is 0.650. The number of hydrogen-bond acceptors (Lipinski definition) is 5. The Morgan fingerprint density at radius 1 is 1.50 bits per heavy atom. The number of fused-ring (bicyclic) bond motifs is 1. The van der Waals surface area contributed by atoms with Gasteiger partial charge in [0.1, 0.15) is 5.65 Å². The summed E-state index contributed by atoms with van der Waals surface area (Å²) in [6.07, 6.45) is 3.85. The Kier molecular flexibility index (Phi) is 3.15. The van der Waals surface area contributed by atoms with Crippen LogP contribution in [0.15, 0.2) is 29.4 Å². The van der Waals surface area contributed by atoms with Crippen molar-refractivity contribution in [2.45, 2.75) is 17.9 Å². The number of anilines is 1. The number of hydrogen-bond donors (Lipinski definition) is 2. The number of aromatic nitrogens is 2. The molecule has 0 amide bonds. The van der Waals surface area contributed by atoms with Crippen molar-refractivity contribution in [3.05, 3.63) is 24.4 Å². The van der Waals surface area contributed by atoms with E-state index in [2.05, 4.69) is 10.4 Å². The normalized spacial score (nSPS) is 15.9. The van der Waals surface area contributed by atoms with Crippen molar-refractivity contribution in [1.82, 2.24) is 13.7 Å². The zero-order chi connectivity index (χ0) is 14.3. The number of imidazole rings is 1. The van der Waals surface area contributed by atoms with Gasteiger partial charge in [-0.3, -0.25) is 4.40 Å². The Bertz CT molecular complexity index is 735. The summed E-state index contributed by atoms with van der Waals surface area (Å²) in [5, 5.41) is 0.0822. The number of nitrogen functional groups attached to an aromatic ring is 1. The minimum atomic E-state index is -3.63. The van der Waals surface area contributed by atoms with Crippen LogP contribution in [0, 0.1) is 5.92 Å². The molecule has 1 fully saturated rings. The molecule has 2 aromatic heterocycles. The minimum absolute atomic E-state index is 0.0822. The van der Waals surface area contributed by atoms with Crippen molar-refractivity contribution in [3.8, 4) is 0 Å². The predicted molar refractivity (Wildman–Crippen MR) is 75.5 cm³/mol. The third-order valence-corrected chi connectivity index (χ3v) is 5.34. The van der Waals surface area contributed by atoms with E-state index in [0.717, 1.165) is 12.8 Å². The van der Waals surface area contributed by atoms with E-state index < -0.39 is 10.0 Å². The van der Waals surface area contributed by atoms with E-state index in [4.69, 9.17) is 5.84 Å². The first-order chi connectivity index (χ1) is 9.54. The Hall–Kier alpha value is -1.64. The average Bonchev–Trinajstić information content (AvgIpc) is 3.15. The molecule has 108 valence electrons. The van der Waals surface area contributed by atoms with E-state index in [1.54, 1.807) is 31.4 Å². The molecule has 0 atom stereocenters. The molecule has 7 nitrogen and oxygen atoms in total. The molecule has 1 aliphatic carbocycles. The fourth-order valence-electron chi connectivity index (χ4n) is 2.22. The topological polar surface area (TPSA) is 92.7 Å². The highest BCUT2D eigenvalue weighted by molar-refractivity contribution is 7.89. The molecule has 0 unspecified atom stereocenters. The standard InChI is InChI=1S/C12H17N5O2S/c1-16(8-9-5-6-9)20(18,19)12-11(15-13)14-10-4-2-3-7-17(10)12/h2-4,7,9,15H,5-6,8,13H2,1H3. The van der Waals surface area contributed by atoms with Crippen LogP contribution >= 0.6 is 0 Å². The Morgan fingerprint density at radius 3 is 2.90 bits per heavy atom. The van der Waals surface area contributed by atoms with Crippen molar-refractivity contribution in [1.29, 1.82) is 0 Å². The highest BCUT2D eigenvalue weighted by atomic mass is 32.2. The van der Waals surface area contributed by atoms with Gasteiger partial charge in [0.25, 0.3) is 10.0 Å². The van der Waals surface area contributed by atoms with E-state index in [0.29, 0.717) is 18.1 Å². The van der Waals surface area contributed by atoms with Crippen molar-refractivity contribution in [2.75, 3.05) is 19.0 Å². The second-order valence-corrected chi connectivity index (χ2v) is 7.03. The molecule has 0 spiro atoms. The van der Waals surface area contributed by atoms with Gasteiger partial charge in [0.15, 0.2) is 5.82 Å². The zero-order valence-electron chi connectivity index (χ0n) is 11.2. The van der Waals surface area contributed by atoms with Crippen LogP contribution in [0.3, 0.4) is 0 Å². The van der Waals surface area contributed by atoms with Crippen LogP contribution in [0.4, 0.5) is 5.82 Å². The highest BCUT2D eigenvalue weighted by Crippen LogP contribution is 2.32. The lowest BCUT2D eigenvalue weighted by Gasteiger charge is -2.17. The molecule has 3 N–H and O–H groups in total. The smallest absolute Gasteiger partial charge is 0.262 e. The molecule has 20 heavy (non-hydrogen) atoms. The molecule has 0 saturated heterocycles. The Labute approximate surface area is 117 Å². The summed E-state index contributed by atoms with van der Waals surface area (Å²) in [7, 11) is -2.04. The molecule has 0 aromatic carbocycles. The van der Waals surface area contributed by atoms with Gasteiger partial charge in [0, 0.05) is 19.8 Å². The van der Waals surface area contributed by atoms with Crippen LogP contribution in [-0.4, -0.2) is 35.7 Å². The van der Waals surface area contributed by atoms with Crippen LogP contribution < -0.4 is 11.3 Å². The first-order valence-electron chi connectivity index (χ1n) is 6.44. The van der Waals surface area contributed by atoms with Gasteiger partial charge in [0.2, 0.25) is 5.03 Å². The zero-order valence-corrected chi connectivity index (χ0v) is 12.0. The largest absolute Gasteiger partial charge is 0.306 e. The molecular formula is C12H17N5O2S. The average molecular weight is 295 g/mol. The van der Waals surface area contributed by atoms with Crippen molar-refractivity contribution in [3.63, 3.8) is 0 Å². The summed E-state index contributed by atoms with van der Waals surface area (Å²) < 4.78 is 28.4. The summed E-state index contributed by atoms with van der Waals surface area (Å²) in [5.41, 5.74) is 2.92. The summed E-state index contributed by atoms with van der Waals surface area (Å²) in [6.45, 7) is 0.534. The summed E-state index contributed by atoms with van der Waals surface area (Å²) in [6, 6.07) is 5.29. The van der Waals surface area contributed by atoms with Crippen LogP contribution in [-0.2, 0) is 10.0 Å². The van der Waals surface area contributed by atoms with Crippen LogP contribution in [0.2, 0.25) is 0 Å². The molecule has 0 aliphatic heterocycles. The number of hydrazine groups is 1. The lowest BCUT2D eigenvalue weighted by molar-refractivity contribution is 0.450. The van der Waals surface area contributed by atoms with E-state index in [1.165, 1.54) is 8.71 Å². The molecule has 0 bridgehead atoms. The Morgan fingerprint density at radius 2 is 2.25 bits per heavy atom. The highest BCUT2D eigenvalue weighted by Gasteiger charge is 2.33. The summed E-state index contributed by atoms with van der Waals surface area (Å²) in [4.78, 5) is 4.20. The molecule has 1 aliphatic rings. The summed E-state index contributed by atoms with van der Waals surface area (Å²) in [5.74, 6) is 6.06. The maximum atomic E-state index is 12.7. The number of nitrogens with two attached hydrogens (primary N) is 1. The number of nitrogens with one attached hydrogen (secondary N) is 1. The lowest BCUT2D eigenvalue weighted by atomic mass is 10.4. The number of pyridine rings is 1. The van der Waals surface area contributed by atoms with Gasteiger partial charge in [-0.1, -0.05) is 6.07 Å². The lowest BCUT2D eigenvalue weighted by Crippen LogP contribution is -2.30. The quantitative estimate of drug-likeness (QED) is 0.624. The number of rotatable bonds is 5. The summed E-state index contributed by atoms with van der Waals surface area (Å²) >= 11 is 0. The van der Waals surface area contributed by atoms with Gasteiger partial charge in [0.05, 0.1) is 0 Å². The van der Waals surface area contributed by atoms with E-state index in [-0.39, 0.29) is 10.8 Å². The van der Waals surface area contributed by atoms with Crippen LogP contribution in [0.25, 0.3) is 5.65 Å². The number of sulfonamides is 1. The monoisotopic (exact) mass is 295 g/mol. The van der Waals surface area contributed by atoms with Gasteiger partial charge in [-0.25, -0.2) is 19.2 Å². The van der Waals surface area contributed by atoms with Gasteiger partial charge in [-0.05, 0) is 30.9 Å². The second-order valence-electron chi connectivity index (χ2n) is 5.07. The fraction of sp³-hybridized carbons (Fsp3) is 0.417. The third kappa shape index (κ3) is 2.15. The van der Waals surface area contributed by atoms with Crippen molar-refractivity contribution < 1.29 is 8.42 Å². The van der Waals surface area contributed by atoms with E-state index in [9.17, 15) is 8.42 Å². The second kappa shape index (κ2) is 4.72. The van der Waals surface area contributed by atoms with Crippen molar-refractivity contribution in [2.24, 2.45) is 11.8 Å². The maximum absolute atomic E-state index is 12.7. The Balaban J connectivity index is 2.11.